The third-order valence-corrected chi connectivity index (χ3v) is 4.52. The summed E-state index contributed by atoms with van der Waals surface area (Å²) in [5.41, 5.74) is 1.02. The lowest BCUT2D eigenvalue weighted by Crippen LogP contribution is -2.44. The Morgan fingerprint density at radius 3 is 2.58 bits per heavy atom. The molecule has 1 heterocycles. The van der Waals surface area contributed by atoms with Crippen molar-refractivity contribution < 1.29 is 9.53 Å². The summed E-state index contributed by atoms with van der Waals surface area (Å²) in [7, 11) is 0. The maximum atomic E-state index is 13.1. The van der Waals surface area contributed by atoms with Gasteiger partial charge >= 0.3 is 0 Å². The zero-order valence-corrected chi connectivity index (χ0v) is 17.6. The Hall–Kier alpha value is -1.35. The molecule has 0 spiro atoms. The summed E-state index contributed by atoms with van der Waals surface area (Å²) in [6.07, 6.45) is 2.39. The smallest absolute Gasteiger partial charge is 0.232 e. The zero-order valence-electron chi connectivity index (χ0n) is 15.3. The Morgan fingerprint density at radius 2 is 1.96 bits per heavy atom. The molecule has 0 aromatic heterocycles. The first-order valence-electron chi connectivity index (χ1n) is 9.24. The molecule has 1 aromatic carbocycles. The van der Waals surface area contributed by atoms with Crippen molar-refractivity contribution in [3.63, 3.8) is 0 Å². The highest BCUT2D eigenvalue weighted by Gasteiger charge is 2.28. The first-order chi connectivity index (χ1) is 12.3. The number of carbonyl (C=O) groups excluding carboxylic acids is 1. The second-order valence-corrected chi connectivity index (χ2v) is 6.54. The van der Waals surface area contributed by atoms with Crippen LogP contribution in [0.1, 0.15) is 31.2 Å². The van der Waals surface area contributed by atoms with Crippen LogP contribution in [0.15, 0.2) is 35.3 Å². The summed E-state index contributed by atoms with van der Waals surface area (Å²) in [4.78, 5) is 19.7. The summed E-state index contributed by atoms with van der Waals surface area (Å²) in [6.45, 7) is 5.86. The van der Waals surface area contributed by atoms with Gasteiger partial charge in [0.25, 0.3) is 0 Å². The molecule has 144 valence electrons. The van der Waals surface area contributed by atoms with Crippen LogP contribution in [-0.2, 0) is 9.53 Å². The van der Waals surface area contributed by atoms with Crippen molar-refractivity contribution >= 4 is 35.8 Å². The Bertz CT molecular complexity index is 586. The largest absolute Gasteiger partial charge is 0.378 e. The van der Waals surface area contributed by atoms with Gasteiger partial charge in [0.05, 0.1) is 25.7 Å². The number of carbonyl (C=O) groups is 1. The van der Waals surface area contributed by atoms with E-state index in [4.69, 9.17) is 9.73 Å². The number of hydrogen-bond acceptors (Lipinski definition) is 3. The number of halogens is 1. The maximum Gasteiger partial charge on any atom is 0.232 e. The average molecular weight is 472 g/mol. The highest BCUT2D eigenvalue weighted by atomic mass is 127. The van der Waals surface area contributed by atoms with Gasteiger partial charge in [-0.25, -0.2) is 0 Å². The zero-order chi connectivity index (χ0) is 17.5. The van der Waals surface area contributed by atoms with Crippen molar-refractivity contribution in [2.24, 2.45) is 4.99 Å². The molecule has 0 radical (unpaired) electrons. The molecule has 2 fully saturated rings. The predicted octanol–water partition coefficient (Wildman–Crippen LogP) is 1.96. The molecule has 1 saturated heterocycles. The van der Waals surface area contributed by atoms with E-state index in [1.165, 1.54) is 12.8 Å². The molecule has 26 heavy (non-hydrogen) atoms. The molecular formula is C19H29IN4O2. The van der Waals surface area contributed by atoms with E-state index in [0.29, 0.717) is 38.9 Å². The molecule has 1 aliphatic carbocycles. The quantitative estimate of drug-likeness (QED) is 0.378. The molecule has 1 atom stereocenters. The van der Waals surface area contributed by atoms with Gasteiger partial charge in [0, 0.05) is 25.7 Å². The highest BCUT2D eigenvalue weighted by molar-refractivity contribution is 14.0. The van der Waals surface area contributed by atoms with E-state index in [0.717, 1.165) is 18.1 Å². The second-order valence-electron chi connectivity index (χ2n) is 6.54. The lowest BCUT2D eigenvalue weighted by atomic mass is 9.97. The van der Waals surface area contributed by atoms with Gasteiger partial charge in [-0.3, -0.25) is 9.79 Å². The number of rotatable bonds is 6. The van der Waals surface area contributed by atoms with Crippen molar-refractivity contribution in [3.05, 3.63) is 35.9 Å². The van der Waals surface area contributed by atoms with Gasteiger partial charge in [0.2, 0.25) is 5.91 Å². The van der Waals surface area contributed by atoms with Gasteiger partial charge < -0.3 is 20.3 Å². The summed E-state index contributed by atoms with van der Waals surface area (Å²) >= 11 is 0. The van der Waals surface area contributed by atoms with E-state index in [1.807, 2.05) is 35.2 Å². The minimum absolute atomic E-state index is 0. The van der Waals surface area contributed by atoms with Crippen LogP contribution in [0.5, 0.6) is 0 Å². The number of amides is 1. The number of hydrogen-bond donors (Lipinski definition) is 2. The van der Waals surface area contributed by atoms with Gasteiger partial charge in [0.15, 0.2) is 5.96 Å². The molecule has 1 aliphatic heterocycles. The number of ether oxygens (including phenoxy) is 1. The van der Waals surface area contributed by atoms with E-state index in [2.05, 4.69) is 17.6 Å². The molecule has 1 amide bonds. The lowest BCUT2D eigenvalue weighted by molar-refractivity contribution is -0.136. The average Bonchev–Trinajstić information content (AvgIpc) is 3.47. The first-order valence-corrected chi connectivity index (χ1v) is 9.24. The van der Waals surface area contributed by atoms with E-state index < -0.39 is 0 Å². The highest BCUT2D eigenvalue weighted by Crippen LogP contribution is 2.21. The first kappa shape index (κ1) is 21.0. The van der Waals surface area contributed by atoms with Crippen LogP contribution in [0.25, 0.3) is 0 Å². The maximum absolute atomic E-state index is 13.1. The van der Waals surface area contributed by atoms with E-state index in [1.54, 1.807) is 0 Å². The van der Waals surface area contributed by atoms with E-state index >= 15 is 0 Å². The summed E-state index contributed by atoms with van der Waals surface area (Å²) < 4.78 is 5.37. The van der Waals surface area contributed by atoms with Crippen molar-refractivity contribution in [2.75, 3.05) is 39.4 Å². The Balaban J connectivity index is 0.00000243. The number of benzene rings is 1. The van der Waals surface area contributed by atoms with Crippen LogP contribution in [0.4, 0.5) is 0 Å². The molecule has 1 aromatic rings. The molecule has 6 nitrogen and oxygen atoms in total. The SMILES string of the molecule is CCNC(=NCC(C(=O)N1CCOCC1)c1ccccc1)NC1CC1.I. The molecule has 1 saturated carbocycles. The van der Waals surface area contributed by atoms with Gasteiger partial charge in [0.1, 0.15) is 0 Å². The van der Waals surface area contributed by atoms with Crippen LogP contribution in [0.3, 0.4) is 0 Å². The molecule has 0 bridgehead atoms. The summed E-state index contributed by atoms with van der Waals surface area (Å²) in [5, 5.41) is 6.68. The van der Waals surface area contributed by atoms with Crippen molar-refractivity contribution in [1.29, 1.82) is 0 Å². The molecular weight excluding hydrogens is 443 g/mol. The third-order valence-electron chi connectivity index (χ3n) is 4.52. The van der Waals surface area contributed by atoms with Gasteiger partial charge in [-0.05, 0) is 25.3 Å². The van der Waals surface area contributed by atoms with Crippen LogP contribution >= 0.6 is 24.0 Å². The minimum atomic E-state index is -0.256. The van der Waals surface area contributed by atoms with Crippen molar-refractivity contribution in [2.45, 2.75) is 31.7 Å². The van der Waals surface area contributed by atoms with Gasteiger partial charge in [-0.15, -0.1) is 24.0 Å². The Labute approximate surface area is 172 Å². The van der Waals surface area contributed by atoms with Crippen molar-refractivity contribution in [3.8, 4) is 0 Å². The molecule has 7 heteroatoms. The van der Waals surface area contributed by atoms with Crippen LogP contribution < -0.4 is 10.6 Å². The van der Waals surface area contributed by atoms with Crippen LogP contribution in [0, 0.1) is 0 Å². The second kappa shape index (κ2) is 10.7. The number of guanidine groups is 1. The third kappa shape index (κ3) is 6.12. The number of nitrogens with one attached hydrogen (secondary N) is 2. The summed E-state index contributed by atoms with van der Waals surface area (Å²) in [5.74, 6) is 0.690. The normalized spacial score (nSPS) is 18.7. The fraction of sp³-hybridized carbons (Fsp3) is 0.579. The molecule has 2 aliphatic rings. The Kier molecular flexibility index (Phi) is 8.64. The monoisotopic (exact) mass is 472 g/mol. The van der Waals surface area contributed by atoms with Crippen LogP contribution in [-0.4, -0.2) is 62.2 Å². The lowest BCUT2D eigenvalue weighted by Gasteiger charge is -2.30. The Morgan fingerprint density at radius 1 is 1.27 bits per heavy atom. The van der Waals surface area contributed by atoms with E-state index in [-0.39, 0.29) is 35.8 Å². The summed E-state index contributed by atoms with van der Waals surface area (Å²) in [6, 6.07) is 10.5. The van der Waals surface area contributed by atoms with E-state index in [9.17, 15) is 4.79 Å². The molecule has 3 rings (SSSR count). The minimum Gasteiger partial charge on any atom is -0.378 e. The predicted molar refractivity (Wildman–Crippen MR) is 114 cm³/mol. The fourth-order valence-electron chi connectivity index (χ4n) is 2.94. The van der Waals surface area contributed by atoms with Gasteiger partial charge in [-0.1, -0.05) is 30.3 Å². The van der Waals surface area contributed by atoms with Gasteiger partial charge in [-0.2, -0.15) is 0 Å². The standard InChI is InChI=1S/C19H28N4O2.HI/c1-2-20-19(22-16-8-9-16)21-14-17(15-6-4-3-5-7-15)18(24)23-10-12-25-13-11-23;/h3-7,16-17H,2,8-14H2,1H3,(H2,20,21,22);1H. The fourth-order valence-corrected chi connectivity index (χ4v) is 2.94. The number of aliphatic imine (C=N–C) groups is 1. The van der Waals surface area contributed by atoms with Crippen LogP contribution in [0.2, 0.25) is 0 Å². The number of nitrogens with zero attached hydrogens (tertiary/aromatic N) is 2. The molecule has 2 N–H and O–H groups in total. The topological polar surface area (TPSA) is 66.0 Å². The molecule has 1 unspecified atom stereocenters. The van der Waals surface area contributed by atoms with Crippen molar-refractivity contribution in [1.82, 2.24) is 15.5 Å². The number of morpholine rings is 1.